The minimum absolute atomic E-state index is 0.262. The van der Waals surface area contributed by atoms with Gasteiger partial charge < -0.3 is 4.42 Å². The molecule has 112 valence electrons. The zero-order chi connectivity index (χ0) is 15.7. The summed E-state index contributed by atoms with van der Waals surface area (Å²) in [5, 5.41) is -0.262. The Morgan fingerprint density at radius 3 is 2.55 bits per heavy atom. The van der Waals surface area contributed by atoms with Crippen LogP contribution in [0.15, 0.2) is 50.2 Å². The molecule has 1 aromatic carbocycles. The first-order valence-corrected chi connectivity index (χ1v) is 8.20. The predicted molar refractivity (Wildman–Crippen MR) is 89.1 cm³/mol. The average Bonchev–Trinajstić information content (AvgIpc) is 3.00. The van der Waals surface area contributed by atoms with Crippen molar-refractivity contribution in [2.45, 2.75) is 13.5 Å². The highest BCUT2D eigenvalue weighted by molar-refractivity contribution is 9.10. The quantitative estimate of drug-likeness (QED) is 0.734. The summed E-state index contributed by atoms with van der Waals surface area (Å²) >= 11 is 4.30. The van der Waals surface area contributed by atoms with Crippen molar-refractivity contribution in [1.82, 2.24) is 4.90 Å². The van der Waals surface area contributed by atoms with Gasteiger partial charge in [0.05, 0.1) is 11.4 Å². The molecule has 1 aliphatic heterocycles. The highest BCUT2D eigenvalue weighted by Gasteiger charge is 2.35. The number of carbonyl (C=O) groups excluding carboxylic acids is 2. The molecule has 6 heteroatoms. The number of carbonyl (C=O) groups is 2. The third-order valence-corrected chi connectivity index (χ3v) is 4.60. The summed E-state index contributed by atoms with van der Waals surface area (Å²) in [7, 11) is 0. The van der Waals surface area contributed by atoms with E-state index in [4.69, 9.17) is 4.42 Å². The van der Waals surface area contributed by atoms with E-state index in [1.807, 2.05) is 37.3 Å². The topological polar surface area (TPSA) is 50.5 Å². The number of imide groups is 1. The standard InChI is InChI=1S/C16H12BrNO3S/c1-10-2-7-13(21-10)8-14-15(19)18(16(20)22-14)9-11-3-5-12(17)6-4-11/h2-8H,9H2,1H3/b14-8-. The molecule has 4 nitrogen and oxygen atoms in total. The van der Waals surface area contributed by atoms with Crippen molar-refractivity contribution in [2.24, 2.45) is 0 Å². The van der Waals surface area contributed by atoms with Gasteiger partial charge in [0.25, 0.3) is 11.1 Å². The molecule has 0 atom stereocenters. The Balaban J connectivity index is 1.79. The van der Waals surface area contributed by atoms with E-state index in [-0.39, 0.29) is 17.7 Å². The molecule has 0 aliphatic carbocycles. The fraction of sp³-hybridized carbons (Fsp3) is 0.125. The van der Waals surface area contributed by atoms with E-state index in [1.54, 1.807) is 12.1 Å². The number of aryl methyl sites for hydroxylation is 1. The largest absolute Gasteiger partial charge is 0.462 e. The van der Waals surface area contributed by atoms with Crippen molar-refractivity contribution in [3.8, 4) is 0 Å². The second-order valence-corrected chi connectivity index (χ2v) is 6.75. The maximum absolute atomic E-state index is 12.4. The molecule has 0 spiro atoms. The van der Waals surface area contributed by atoms with E-state index in [2.05, 4.69) is 15.9 Å². The zero-order valence-corrected chi connectivity index (χ0v) is 14.1. The normalized spacial score (nSPS) is 16.8. The fourth-order valence-electron chi connectivity index (χ4n) is 2.07. The third kappa shape index (κ3) is 3.18. The summed E-state index contributed by atoms with van der Waals surface area (Å²) < 4.78 is 6.38. The van der Waals surface area contributed by atoms with E-state index in [9.17, 15) is 9.59 Å². The van der Waals surface area contributed by atoms with E-state index in [1.165, 1.54) is 4.90 Å². The summed E-state index contributed by atoms with van der Waals surface area (Å²) in [4.78, 5) is 26.0. The minimum Gasteiger partial charge on any atom is -0.462 e. The van der Waals surface area contributed by atoms with Crippen LogP contribution < -0.4 is 0 Å². The summed E-state index contributed by atoms with van der Waals surface area (Å²) in [6, 6.07) is 11.1. The molecule has 1 fully saturated rings. The Morgan fingerprint density at radius 2 is 1.91 bits per heavy atom. The highest BCUT2D eigenvalue weighted by atomic mass is 79.9. The van der Waals surface area contributed by atoms with Crippen molar-refractivity contribution in [3.63, 3.8) is 0 Å². The van der Waals surface area contributed by atoms with E-state index >= 15 is 0 Å². The number of rotatable bonds is 3. The Hall–Kier alpha value is -1.79. The summed E-state index contributed by atoms with van der Waals surface area (Å²) in [5.41, 5.74) is 0.903. The lowest BCUT2D eigenvalue weighted by Crippen LogP contribution is -2.27. The van der Waals surface area contributed by atoms with Crippen molar-refractivity contribution >= 4 is 44.9 Å². The molecule has 2 heterocycles. The van der Waals surface area contributed by atoms with Crippen molar-refractivity contribution < 1.29 is 14.0 Å². The average molecular weight is 378 g/mol. The lowest BCUT2D eigenvalue weighted by Gasteiger charge is -2.12. The molecule has 0 N–H and O–H groups in total. The van der Waals surface area contributed by atoms with Crippen LogP contribution in [0.3, 0.4) is 0 Å². The van der Waals surface area contributed by atoms with Gasteiger partial charge in [-0.2, -0.15) is 0 Å². The molecule has 3 rings (SSSR count). The molecular formula is C16H12BrNO3S. The van der Waals surface area contributed by atoms with Gasteiger partial charge in [-0.05, 0) is 48.5 Å². The molecule has 1 aliphatic rings. The molecule has 1 aromatic heterocycles. The van der Waals surface area contributed by atoms with Crippen molar-refractivity contribution in [3.05, 3.63) is 62.9 Å². The third-order valence-electron chi connectivity index (χ3n) is 3.16. The van der Waals surface area contributed by atoms with Crippen LogP contribution in [-0.2, 0) is 11.3 Å². The van der Waals surface area contributed by atoms with E-state index in [0.29, 0.717) is 10.7 Å². The van der Waals surface area contributed by atoms with Crippen LogP contribution in [-0.4, -0.2) is 16.0 Å². The Labute approximate surface area is 140 Å². The maximum atomic E-state index is 12.4. The smallest absolute Gasteiger partial charge is 0.293 e. The molecule has 1 saturated heterocycles. The van der Waals surface area contributed by atoms with Gasteiger partial charge in [0.2, 0.25) is 0 Å². The fourth-order valence-corrected chi connectivity index (χ4v) is 3.15. The van der Waals surface area contributed by atoms with E-state index in [0.717, 1.165) is 27.6 Å². The molecule has 0 bridgehead atoms. The zero-order valence-electron chi connectivity index (χ0n) is 11.7. The molecule has 22 heavy (non-hydrogen) atoms. The monoisotopic (exact) mass is 377 g/mol. The van der Waals surface area contributed by atoms with Crippen LogP contribution in [0.1, 0.15) is 17.1 Å². The van der Waals surface area contributed by atoms with Crippen LogP contribution in [0.5, 0.6) is 0 Å². The second-order valence-electron chi connectivity index (χ2n) is 4.84. The lowest BCUT2D eigenvalue weighted by molar-refractivity contribution is -0.123. The SMILES string of the molecule is Cc1ccc(/C=C2\SC(=O)N(Cc3ccc(Br)cc3)C2=O)o1. The van der Waals surface area contributed by atoms with Gasteiger partial charge in [-0.1, -0.05) is 28.1 Å². The first kappa shape index (κ1) is 15.1. The molecule has 2 amide bonds. The van der Waals surface area contributed by atoms with Gasteiger partial charge in [-0.15, -0.1) is 0 Å². The Bertz CT molecular complexity index is 764. The summed E-state index contributed by atoms with van der Waals surface area (Å²) in [6.07, 6.45) is 1.61. The number of furan rings is 1. The van der Waals surface area contributed by atoms with Crippen LogP contribution in [0.4, 0.5) is 4.79 Å². The van der Waals surface area contributed by atoms with Gasteiger partial charge in [-0.25, -0.2) is 0 Å². The number of thioether (sulfide) groups is 1. The van der Waals surface area contributed by atoms with Gasteiger partial charge >= 0.3 is 0 Å². The Kier molecular flexibility index (Phi) is 4.22. The second kappa shape index (κ2) is 6.14. The lowest BCUT2D eigenvalue weighted by atomic mass is 10.2. The number of benzene rings is 1. The van der Waals surface area contributed by atoms with Crippen LogP contribution in [0.25, 0.3) is 6.08 Å². The number of nitrogens with zero attached hydrogens (tertiary/aromatic N) is 1. The number of hydrogen-bond donors (Lipinski definition) is 0. The van der Waals surface area contributed by atoms with Crippen LogP contribution in [0, 0.1) is 6.92 Å². The van der Waals surface area contributed by atoms with Gasteiger partial charge in [0.15, 0.2) is 0 Å². The predicted octanol–water partition coefficient (Wildman–Crippen LogP) is 4.59. The van der Waals surface area contributed by atoms with Crippen molar-refractivity contribution in [2.75, 3.05) is 0 Å². The molecule has 2 aromatic rings. The highest BCUT2D eigenvalue weighted by Crippen LogP contribution is 2.33. The van der Waals surface area contributed by atoms with Gasteiger partial charge in [-0.3, -0.25) is 14.5 Å². The first-order chi connectivity index (χ1) is 10.5. The summed E-state index contributed by atoms with van der Waals surface area (Å²) in [6.45, 7) is 2.10. The first-order valence-electron chi connectivity index (χ1n) is 6.59. The van der Waals surface area contributed by atoms with E-state index < -0.39 is 0 Å². The summed E-state index contributed by atoms with van der Waals surface area (Å²) in [5.74, 6) is 1.05. The molecule has 0 unspecified atom stereocenters. The van der Waals surface area contributed by atoms with Gasteiger partial charge in [0.1, 0.15) is 11.5 Å². The number of halogens is 1. The molecular weight excluding hydrogens is 366 g/mol. The molecule has 0 radical (unpaired) electrons. The van der Waals surface area contributed by atoms with Crippen LogP contribution >= 0.6 is 27.7 Å². The molecule has 0 saturated carbocycles. The maximum Gasteiger partial charge on any atom is 0.293 e. The van der Waals surface area contributed by atoms with Crippen LogP contribution in [0.2, 0.25) is 0 Å². The Morgan fingerprint density at radius 1 is 1.18 bits per heavy atom. The van der Waals surface area contributed by atoms with Gasteiger partial charge in [0, 0.05) is 10.5 Å². The number of hydrogen-bond acceptors (Lipinski definition) is 4. The minimum atomic E-state index is -0.285. The number of amides is 2. The van der Waals surface area contributed by atoms with Crippen molar-refractivity contribution in [1.29, 1.82) is 0 Å².